The Labute approximate surface area is 113 Å². The van der Waals surface area contributed by atoms with Crippen LogP contribution in [0.1, 0.15) is 24.8 Å². The highest BCUT2D eigenvalue weighted by Crippen LogP contribution is 2.23. The van der Waals surface area contributed by atoms with Gasteiger partial charge in [-0.1, -0.05) is 30.3 Å². The maximum atomic E-state index is 11.6. The first-order valence-electron chi connectivity index (χ1n) is 6.96. The van der Waals surface area contributed by atoms with Gasteiger partial charge in [0.1, 0.15) is 0 Å². The van der Waals surface area contributed by atoms with Gasteiger partial charge in [-0.3, -0.25) is 9.69 Å². The molecule has 1 amide bonds. The first kappa shape index (κ1) is 12.6. The third kappa shape index (κ3) is 3.14. The van der Waals surface area contributed by atoms with Crippen LogP contribution in [0.4, 0.5) is 0 Å². The van der Waals surface area contributed by atoms with Crippen LogP contribution in [-0.4, -0.2) is 36.2 Å². The minimum atomic E-state index is 0.193. The molecule has 0 aliphatic carbocycles. The molecule has 3 heterocycles. The molecule has 2 atom stereocenters. The van der Waals surface area contributed by atoms with Crippen molar-refractivity contribution in [2.75, 3.05) is 13.3 Å². The molecule has 3 aliphatic heterocycles. The predicted molar refractivity (Wildman–Crippen MR) is 72.4 cm³/mol. The molecule has 3 aliphatic rings. The van der Waals surface area contributed by atoms with Crippen LogP contribution in [0.2, 0.25) is 0 Å². The molecule has 0 spiro atoms. The van der Waals surface area contributed by atoms with Crippen molar-refractivity contribution in [1.82, 2.24) is 10.2 Å². The van der Waals surface area contributed by atoms with E-state index in [9.17, 15) is 4.79 Å². The number of rotatable bonds is 4. The SMILES string of the molecule is O=C1CC2CCC(CN2COCc2ccccc2)N1. The number of amides is 1. The highest BCUT2D eigenvalue weighted by molar-refractivity contribution is 5.77. The summed E-state index contributed by atoms with van der Waals surface area (Å²) in [4.78, 5) is 13.9. The number of nitrogens with one attached hydrogen (secondary N) is 1. The van der Waals surface area contributed by atoms with Gasteiger partial charge in [0.25, 0.3) is 0 Å². The van der Waals surface area contributed by atoms with Gasteiger partial charge < -0.3 is 10.1 Å². The van der Waals surface area contributed by atoms with Crippen LogP contribution in [0.15, 0.2) is 30.3 Å². The van der Waals surface area contributed by atoms with Crippen LogP contribution in [0.5, 0.6) is 0 Å². The monoisotopic (exact) mass is 260 g/mol. The number of nitrogens with zero attached hydrogens (tertiary/aromatic N) is 1. The summed E-state index contributed by atoms with van der Waals surface area (Å²) in [7, 11) is 0. The maximum absolute atomic E-state index is 11.6. The Morgan fingerprint density at radius 1 is 1.26 bits per heavy atom. The quantitative estimate of drug-likeness (QED) is 0.892. The summed E-state index contributed by atoms with van der Waals surface area (Å²) in [5.74, 6) is 0.193. The molecule has 0 radical (unpaired) electrons. The molecule has 2 bridgehead atoms. The van der Waals surface area contributed by atoms with E-state index in [0.717, 1.165) is 19.4 Å². The topological polar surface area (TPSA) is 41.6 Å². The van der Waals surface area contributed by atoms with Gasteiger partial charge in [0.15, 0.2) is 0 Å². The van der Waals surface area contributed by atoms with E-state index in [-0.39, 0.29) is 5.91 Å². The van der Waals surface area contributed by atoms with Gasteiger partial charge in [-0.05, 0) is 18.4 Å². The molecule has 3 fully saturated rings. The Morgan fingerprint density at radius 3 is 2.95 bits per heavy atom. The zero-order valence-electron chi connectivity index (χ0n) is 11.0. The van der Waals surface area contributed by atoms with Crippen molar-refractivity contribution >= 4 is 5.91 Å². The Hall–Kier alpha value is -1.39. The molecule has 102 valence electrons. The second-order valence-corrected chi connectivity index (χ2v) is 5.43. The fraction of sp³-hybridized carbons (Fsp3) is 0.533. The van der Waals surface area contributed by atoms with Gasteiger partial charge in [-0.25, -0.2) is 0 Å². The molecule has 1 aromatic carbocycles. The summed E-state index contributed by atoms with van der Waals surface area (Å²) in [5, 5.41) is 3.07. The predicted octanol–water partition coefficient (Wildman–Crippen LogP) is 1.51. The van der Waals surface area contributed by atoms with E-state index in [0.29, 0.717) is 31.8 Å². The number of hydrogen-bond donors (Lipinski definition) is 1. The second-order valence-electron chi connectivity index (χ2n) is 5.43. The summed E-state index contributed by atoms with van der Waals surface area (Å²) in [6.07, 6.45) is 2.81. The number of ether oxygens (including phenoxy) is 1. The van der Waals surface area contributed by atoms with Gasteiger partial charge in [0.2, 0.25) is 5.91 Å². The van der Waals surface area contributed by atoms with E-state index in [1.54, 1.807) is 0 Å². The van der Waals surface area contributed by atoms with Crippen molar-refractivity contribution in [1.29, 1.82) is 0 Å². The molecular weight excluding hydrogens is 240 g/mol. The lowest BCUT2D eigenvalue weighted by Gasteiger charge is -2.35. The van der Waals surface area contributed by atoms with Gasteiger partial charge in [-0.2, -0.15) is 0 Å². The minimum absolute atomic E-state index is 0.193. The number of carbonyl (C=O) groups excluding carboxylic acids is 1. The lowest BCUT2D eigenvalue weighted by atomic mass is 10.00. The number of carbonyl (C=O) groups is 1. The zero-order valence-corrected chi connectivity index (χ0v) is 11.0. The molecule has 0 aromatic heterocycles. The fourth-order valence-corrected chi connectivity index (χ4v) is 2.96. The second kappa shape index (κ2) is 5.72. The fourth-order valence-electron chi connectivity index (χ4n) is 2.96. The molecule has 2 unspecified atom stereocenters. The minimum Gasteiger partial charge on any atom is -0.361 e. The van der Waals surface area contributed by atoms with Crippen molar-refractivity contribution < 1.29 is 9.53 Å². The molecule has 1 N–H and O–H groups in total. The van der Waals surface area contributed by atoms with Gasteiger partial charge in [-0.15, -0.1) is 0 Å². The Balaban J connectivity index is 1.52. The lowest BCUT2D eigenvalue weighted by molar-refractivity contribution is -0.121. The molecule has 4 rings (SSSR count). The number of benzene rings is 1. The Kier molecular flexibility index (Phi) is 3.80. The third-order valence-corrected chi connectivity index (χ3v) is 3.97. The van der Waals surface area contributed by atoms with Crippen molar-refractivity contribution in [3.8, 4) is 0 Å². The van der Waals surface area contributed by atoms with E-state index in [4.69, 9.17) is 4.74 Å². The van der Waals surface area contributed by atoms with Crippen LogP contribution in [-0.2, 0) is 16.1 Å². The van der Waals surface area contributed by atoms with Crippen LogP contribution >= 0.6 is 0 Å². The Morgan fingerprint density at radius 2 is 2.11 bits per heavy atom. The first-order chi connectivity index (χ1) is 9.31. The highest BCUT2D eigenvalue weighted by atomic mass is 16.5. The lowest BCUT2D eigenvalue weighted by Crippen LogP contribution is -2.46. The van der Waals surface area contributed by atoms with Gasteiger partial charge >= 0.3 is 0 Å². The first-order valence-corrected chi connectivity index (χ1v) is 6.96. The van der Waals surface area contributed by atoms with E-state index in [1.807, 2.05) is 18.2 Å². The number of piperidine rings is 1. The van der Waals surface area contributed by atoms with Crippen LogP contribution in [0.3, 0.4) is 0 Å². The normalized spacial score (nSPS) is 27.1. The maximum Gasteiger partial charge on any atom is 0.221 e. The number of fused-ring (bicyclic) bond motifs is 4. The summed E-state index contributed by atoms with van der Waals surface area (Å²) < 4.78 is 5.79. The largest absolute Gasteiger partial charge is 0.361 e. The molecule has 1 aromatic rings. The van der Waals surface area contributed by atoms with Crippen LogP contribution in [0, 0.1) is 0 Å². The molecule has 4 nitrogen and oxygen atoms in total. The van der Waals surface area contributed by atoms with Crippen molar-refractivity contribution in [2.24, 2.45) is 0 Å². The van der Waals surface area contributed by atoms with E-state index < -0.39 is 0 Å². The zero-order chi connectivity index (χ0) is 13.1. The highest BCUT2D eigenvalue weighted by Gasteiger charge is 2.34. The van der Waals surface area contributed by atoms with Gasteiger partial charge in [0, 0.05) is 25.0 Å². The standard InChI is InChI=1S/C15H20N2O2/c18-15-8-14-7-6-13(16-15)9-17(14)11-19-10-12-4-2-1-3-5-12/h1-5,13-14H,6-11H2,(H,16,18). The van der Waals surface area contributed by atoms with Crippen LogP contribution in [0.25, 0.3) is 0 Å². The van der Waals surface area contributed by atoms with Crippen molar-refractivity contribution in [3.05, 3.63) is 35.9 Å². The van der Waals surface area contributed by atoms with E-state index >= 15 is 0 Å². The van der Waals surface area contributed by atoms with E-state index in [1.165, 1.54) is 5.56 Å². The molecule has 3 saturated heterocycles. The average Bonchev–Trinajstić information content (AvgIpc) is 2.69. The molecule has 0 saturated carbocycles. The summed E-state index contributed by atoms with van der Waals surface area (Å²) in [6.45, 7) is 2.17. The van der Waals surface area contributed by atoms with Crippen molar-refractivity contribution in [3.63, 3.8) is 0 Å². The number of hydrogen-bond acceptors (Lipinski definition) is 3. The molecule has 19 heavy (non-hydrogen) atoms. The molecular formula is C15H20N2O2. The summed E-state index contributed by atoms with van der Waals surface area (Å²) in [6, 6.07) is 10.9. The van der Waals surface area contributed by atoms with Crippen molar-refractivity contribution in [2.45, 2.75) is 38.0 Å². The van der Waals surface area contributed by atoms with Gasteiger partial charge in [0.05, 0.1) is 13.3 Å². The average molecular weight is 260 g/mol. The third-order valence-electron chi connectivity index (χ3n) is 3.97. The van der Waals surface area contributed by atoms with Crippen LogP contribution < -0.4 is 5.32 Å². The summed E-state index contributed by atoms with van der Waals surface area (Å²) in [5.41, 5.74) is 1.19. The Bertz CT molecular complexity index is 435. The summed E-state index contributed by atoms with van der Waals surface area (Å²) >= 11 is 0. The smallest absolute Gasteiger partial charge is 0.221 e. The van der Waals surface area contributed by atoms with E-state index in [2.05, 4.69) is 22.3 Å². The molecule has 4 heteroatoms.